The third kappa shape index (κ3) is 3.33. The quantitative estimate of drug-likeness (QED) is 0.629. The number of nitriles is 2. The zero-order valence-electron chi connectivity index (χ0n) is 13.7. The third-order valence-electron chi connectivity index (χ3n) is 3.70. The molecule has 2 aliphatic heterocycles. The van der Waals surface area contributed by atoms with E-state index in [9.17, 15) is 8.42 Å². The number of aromatic nitrogens is 1. The van der Waals surface area contributed by atoms with Crippen molar-refractivity contribution in [2.75, 3.05) is 0 Å². The lowest BCUT2D eigenvalue weighted by molar-refractivity contribution is 0.587. The fourth-order valence-electron chi connectivity index (χ4n) is 2.35. The minimum Gasteiger partial charge on any atom is -0.247 e. The van der Waals surface area contributed by atoms with Gasteiger partial charge in [-0.3, -0.25) is 0 Å². The van der Waals surface area contributed by atoms with Gasteiger partial charge in [0.25, 0.3) is 10.0 Å². The number of rotatable bonds is 2. The van der Waals surface area contributed by atoms with Crippen LogP contribution in [0.3, 0.4) is 0 Å². The molecule has 134 valence electrons. The molecule has 0 bridgehead atoms. The summed E-state index contributed by atoms with van der Waals surface area (Å²) in [5.41, 5.74) is 1.000. The van der Waals surface area contributed by atoms with Crippen LogP contribution in [0.5, 0.6) is 0 Å². The molecule has 27 heavy (non-hydrogen) atoms. The molecule has 1 aromatic heterocycles. The summed E-state index contributed by atoms with van der Waals surface area (Å²) in [6.07, 6.45) is 3.23. The van der Waals surface area contributed by atoms with Gasteiger partial charge in [-0.05, 0) is 19.1 Å². The summed E-state index contributed by atoms with van der Waals surface area (Å²) in [5.74, 6) is 0. The number of fused-ring (bicyclic) bond motifs is 1. The summed E-state index contributed by atoms with van der Waals surface area (Å²) in [5, 5.41) is 18.2. The molecule has 2 aromatic rings. The second kappa shape index (κ2) is 7.04. The molecule has 0 unspecified atom stereocenters. The number of hydrogen-bond donors (Lipinski definition) is 0. The molecule has 0 saturated heterocycles. The summed E-state index contributed by atoms with van der Waals surface area (Å²) >= 11 is 5.52. The molecule has 0 fully saturated rings. The van der Waals surface area contributed by atoms with Crippen molar-refractivity contribution < 1.29 is 8.42 Å². The molecule has 4 rings (SSSR count). The van der Waals surface area contributed by atoms with Gasteiger partial charge in [-0.25, -0.2) is 12.4 Å². The van der Waals surface area contributed by atoms with Crippen LogP contribution in [-0.4, -0.2) is 12.4 Å². The number of thioether (sulfide) groups is 4. The van der Waals surface area contributed by atoms with Crippen molar-refractivity contribution in [3.05, 3.63) is 60.5 Å². The minimum absolute atomic E-state index is 0.249. The van der Waals surface area contributed by atoms with Crippen molar-refractivity contribution in [1.82, 2.24) is 3.97 Å². The minimum atomic E-state index is -3.63. The van der Waals surface area contributed by atoms with E-state index in [1.807, 2.05) is 19.1 Å². The Hall–Kier alpha value is -1.69. The predicted molar refractivity (Wildman–Crippen MR) is 110 cm³/mol. The van der Waals surface area contributed by atoms with E-state index in [0.717, 1.165) is 23.8 Å². The van der Waals surface area contributed by atoms with E-state index in [1.54, 1.807) is 36.7 Å². The van der Waals surface area contributed by atoms with Crippen molar-refractivity contribution >= 4 is 57.1 Å². The van der Waals surface area contributed by atoms with Gasteiger partial charge in [-0.15, -0.1) is 0 Å². The summed E-state index contributed by atoms with van der Waals surface area (Å²) < 4.78 is 28.7. The van der Waals surface area contributed by atoms with E-state index in [4.69, 9.17) is 10.5 Å². The van der Waals surface area contributed by atoms with Crippen molar-refractivity contribution in [2.24, 2.45) is 0 Å². The Balaban J connectivity index is 1.60. The smallest absolute Gasteiger partial charge is 0.247 e. The molecule has 3 heterocycles. The number of allylic oxidation sites excluding steroid dienone is 2. The van der Waals surface area contributed by atoms with Crippen LogP contribution in [0.4, 0.5) is 0 Å². The molecule has 10 heteroatoms. The van der Waals surface area contributed by atoms with Gasteiger partial charge < -0.3 is 0 Å². The van der Waals surface area contributed by atoms with E-state index in [2.05, 4.69) is 0 Å². The number of hydrogen-bond acceptors (Lipinski definition) is 8. The molecule has 1 aromatic carbocycles. The standard InChI is InChI=1S/C17H9N3O2S5/c1-10-2-4-11(5-3-10)27(21,22)20-8-14-15(9-20)26-17(25-14)16-23-12(6-18)13(7-19)24-16/h2-5,8-9H,1H3. The molecule has 0 amide bonds. The largest absolute Gasteiger partial charge is 0.267 e. The molecule has 0 aliphatic carbocycles. The average molecular weight is 448 g/mol. The molecule has 0 spiro atoms. The Morgan fingerprint density at radius 3 is 1.81 bits per heavy atom. The van der Waals surface area contributed by atoms with Crippen LogP contribution in [-0.2, 0) is 10.0 Å². The molecule has 2 aliphatic rings. The third-order valence-corrected chi connectivity index (χ3v) is 10.8. The number of aryl methyl sites for hydroxylation is 1. The van der Waals surface area contributed by atoms with Gasteiger partial charge in [0.05, 0.1) is 13.4 Å². The molecule has 0 atom stereocenters. The van der Waals surface area contributed by atoms with Crippen molar-refractivity contribution in [2.45, 2.75) is 21.6 Å². The molecule has 0 N–H and O–H groups in total. The molecular weight excluding hydrogens is 439 g/mol. The fourth-order valence-corrected chi connectivity index (χ4v) is 8.68. The summed E-state index contributed by atoms with van der Waals surface area (Å²) in [4.78, 5) is 2.77. The second-order valence-corrected chi connectivity index (χ2v) is 12.0. The Morgan fingerprint density at radius 1 is 0.852 bits per heavy atom. The van der Waals surface area contributed by atoms with Gasteiger partial charge in [0, 0.05) is 22.2 Å². The first-order valence-corrected chi connectivity index (χ1v) is 12.2. The van der Waals surface area contributed by atoms with Crippen molar-refractivity contribution in [1.29, 1.82) is 10.5 Å². The van der Waals surface area contributed by atoms with Crippen LogP contribution < -0.4 is 0 Å². The second-order valence-electron chi connectivity index (χ2n) is 5.50. The van der Waals surface area contributed by atoms with Crippen LogP contribution in [0.1, 0.15) is 5.56 Å². The lowest BCUT2D eigenvalue weighted by Crippen LogP contribution is -2.10. The van der Waals surface area contributed by atoms with Gasteiger partial charge in [-0.1, -0.05) is 64.7 Å². The van der Waals surface area contributed by atoms with E-state index in [0.29, 0.717) is 9.81 Å². The zero-order chi connectivity index (χ0) is 19.2. The van der Waals surface area contributed by atoms with Crippen LogP contribution >= 0.6 is 47.0 Å². The van der Waals surface area contributed by atoms with Gasteiger partial charge in [-0.2, -0.15) is 10.5 Å². The predicted octanol–water partition coefficient (Wildman–Crippen LogP) is 5.10. The average Bonchev–Trinajstić information content (AvgIpc) is 3.34. The maximum atomic E-state index is 12.8. The first kappa shape index (κ1) is 18.7. The molecular formula is C17H9N3O2S5. The summed E-state index contributed by atoms with van der Waals surface area (Å²) in [6.45, 7) is 1.91. The maximum absolute atomic E-state index is 12.8. The monoisotopic (exact) mass is 447 g/mol. The number of benzene rings is 1. The van der Waals surface area contributed by atoms with Gasteiger partial charge in [0.2, 0.25) is 0 Å². The van der Waals surface area contributed by atoms with Crippen LogP contribution in [0, 0.1) is 29.6 Å². The van der Waals surface area contributed by atoms with E-state index in [1.165, 1.54) is 51.0 Å². The highest BCUT2D eigenvalue weighted by atomic mass is 32.2. The lowest BCUT2D eigenvalue weighted by atomic mass is 10.2. The number of nitrogens with zero attached hydrogens (tertiary/aromatic N) is 3. The topological polar surface area (TPSA) is 86.7 Å². The lowest BCUT2D eigenvalue weighted by Gasteiger charge is -2.07. The van der Waals surface area contributed by atoms with Gasteiger partial charge in [0.15, 0.2) is 0 Å². The first-order valence-electron chi connectivity index (χ1n) is 7.47. The normalized spacial score (nSPS) is 16.4. The van der Waals surface area contributed by atoms with Crippen LogP contribution in [0.15, 0.2) is 69.6 Å². The van der Waals surface area contributed by atoms with Gasteiger partial charge in [0.1, 0.15) is 21.9 Å². The van der Waals surface area contributed by atoms with E-state index < -0.39 is 10.0 Å². The fraction of sp³-hybridized carbons (Fsp3) is 0.0588. The Bertz CT molecular complexity index is 1160. The Morgan fingerprint density at radius 2 is 1.33 bits per heavy atom. The van der Waals surface area contributed by atoms with Gasteiger partial charge >= 0.3 is 0 Å². The Labute approximate surface area is 173 Å². The highest BCUT2D eigenvalue weighted by molar-refractivity contribution is 8.32. The Kier molecular flexibility index (Phi) is 4.87. The highest BCUT2D eigenvalue weighted by Crippen LogP contribution is 2.60. The first-order chi connectivity index (χ1) is 12.9. The molecule has 0 saturated carbocycles. The summed E-state index contributed by atoms with van der Waals surface area (Å²) in [7, 11) is -3.63. The van der Waals surface area contributed by atoms with Crippen molar-refractivity contribution in [3.8, 4) is 12.1 Å². The summed E-state index contributed by atoms with van der Waals surface area (Å²) in [6, 6.07) is 10.9. The van der Waals surface area contributed by atoms with E-state index in [-0.39, 0.29) is 4.90 Å². The SMILES string of the molecule is Cc1ccc(S(=O)(=O)n2cc3c(c2)SC(=C2SC(C#N)=C(C#N)S2)S3)cc1. The van der Waals surface area contributed by atoms with Crippen molar-refractivity contribution in [3.63, 3.8) is 0 Å². The van der Waals surface area contributed by atoms with Crippen LogP contribution in [0.2, 0.25) is 0 Å². The molecule has 0 radical (unpaired) electrons. The van der Waals surface area contributed by atoms with Crippen LogP contribution in [0.25, 0.3) is 0 Å². The maximum Gasteiger partial charge on any atom is 0.267 e. The van der Waals surface area contributed by atoms with E-state index >= 15 is 0 Å². The molecule has 5 nitrogen and oxygen atoms in total. The highest BCUT2D eigenvalue weighted by Gasteiger charge is 2.31. The zero-order valence-corrected chi connectivity index (χ0v) is 17.7.